The minimum absolute atomic E-state index is 0. The number of benzene rings is 1. The second-order valence-electron chi connectivity index (χ2n) is 6.68. The van der Waals surface area contributed by atoms with Crippen LogP contribution in [0.2, 0.25) is 5.02 Å². The zero-order valence-electron chi connectivity index (χ0n) is 15.8. The van der Waals surface area contributed by atoms with Crippen LogP contribution in [0.3, 0.4) is 0 Å². The van der Waals surface area contributed by atoms with Crippen LogP contribution in [-0.2, 0) is 9.47 Å². The third kappa shape index (κ3) is 7.05. The van der Waals surface area contributed by atoms with E-state index in [4.69, 9.17) is 21.1 Å². The van der Waals surface area contributed by atoms with E-state index in [1.807, 2.05) is 12.1 Å². The van der Waals surface area contributed by atoms with Crippen molar-refractivity contribution in [3.63, 3.8) is 0 Å². The number of hydrogen-bond acceptors (Lipinski definition) is 4. The van der Waals surface area contributed by atoms with Gasteiger partial charge in [0.1, 0.15) is 0 Å². The van der Waals surface area contributed by atoms with Crippen LogP contribution < -0.4 is 10.6 Å². The summed E-state index contributed by atoms with van der Waals surface area (Å²) in [5.74, 6) is 0.813. The first-order chi connectivity index (χ1) is 12.8. The summed E-state index contributed by atoms with van der Waals surface area (Å²) in [6.07, 6.45) is 2.55. The molecule has 1 aromatic carbocycles. The van der Waals surface area contributed by atoms with Crippen molar-refractivity contribution in [1.29, 1.82) is 0 Å². The molecule has 8 heteroatoms. The van der Waals surface area contributed by atoms with Crippen LogP contribution in [-0.4, -0.2) is 70.0 Å². The van der Waals surface area contributed by atoms with Crippen molar-refractivity contribution < 1.29 is 9.47 Å². The average molecular weight is 509 g/mol. The van der Waals surface area contributed by atoms with Gasteiger partial charge >= 0.3 is 0 Å². The molecule has 2 heterocycles. The summed E-state index contributed by atoms with van der Waals surface area (Å²) in [6, 6.07) is 8.36. The summed E-state index contributed by atoms with van der Waals surface area (Å²) >= 11 is 6.07. The fourth-order valence-corrected chi connectivity index (χ4v) is 3.59. The Bertz CT molecular complexity index is 576. The van der Waals surface area contributed by atoms with E-state index in [9.17, 15) is 0 Å². The van der Waals surface area contributed by atoms with E-state index < -0.39 is 0 Å². The van der Waals surface area contributed by atoms with Crippen LogP contribution in [0.25, 0.3) is 0 Å². The molecule has 0 amide bonds. The smallest absolute Gasteiger partial charge is 0.191 e. The Morgan fingerprint density at radius 1 is 1.22 bits per heavy atom. The maximum atomic E-state index is 6.07. The van der Waals surface area contributed by atoms with E-state index in [1.54, 1.807) is 7.05 Å². The highest BCUT2D eigenvalue weighted by atomic mass is 127. The molecule has 2 unspecified atom stereocenters. The predicted molar refractivity (Wildman–Crippen MR) is 120 cm³/mol. The zero-order chi connectivity index (χ0) is 18.2. The first kappa shape index (κ1) is 22.7. The summed E-state index contributed by atoms with van der Waals surface area (Å²) in [4.78, 5) is 6.80. The molecule has 0 aromatic heterocycles. The number of rotatable bonds is 6. The molecule has 2 fully saturated rings. The van der Waals surface area contributed by atoms with E-state index in [1.165, 1.54) is 5.56 Å². The van der Waals surface area contributed by atoms with Crippen molar-refractivity contribution in [2.45, 2.75) is 25.0 Å². The van der Waals surface area contributed by atoms with Gasteiger partial charge < -0.3 is 20.1 Å². The van der Waals surface area contributed by atoms with E-state index in [-0.39, 0.29) is 30.0 Å². The maximum absolute atomic E-state index is 6.07. The van der Waals surface area contributed by atoms with Crippen LogP contribution in [0, 0.1) is 0 Å². The highest BCUT2D eigenvalue weighted by Gasteiger charge is 2.23. The Morgan fingerprint density at radius 2 is 1.96 bits per heavy atom. The summed E-state index contributed by atoms with van der Waals surface area (Å²) < 4.78 is 11.2. The standard InChI is InChI=1S/C19H29ClN4O2.HI/c1-21-19(22-13-17-3-2-10-26-17)23-14-18(24-8-11-25-12-9-24)15-4-6-16(20)7-5-15;/h4-7,17-18H,2-3,8-14H2,1H3,(H2,21,22,23);1H. The van der Waals surface area contributed by atoms with Gasteiger partial charge in [-0.2, -0.15) is 0 Å². The molecule has 2 N–H and O–H groups in total. The molecule has 1 aromatic rings. The van der Waals surface area contributed by atoms with Gasteiger partial charge in [0.15, 0.2) is 5.96 Å². The topological polar surface area (TPSA) is 58.1 Å². The minimum atomic E-state index is 0. The molecule has 2 saturated heterocycles. The molecule has 0 bridgehead atoms. The average Bonchev–Trinajstić information content (AvgIpc) is 3.20. The van der Waals surface area contributed by atoms with Gasteiger partial charge in [0.2, 0.25) is 0 Å². The molecule has 0 radical (unpaired) electrons. The Morgan fingerprint density at radius 3 is 2.59 bits per heavy atom. The molecule has 0 aliphatic carbocycles. The molecular weight excluding hydrogens is 479 g/mol. The first-order valence-corrected chi connectivity index (χ1v) is 9.77. The molecule has 3 rings (SSSR count). The van der Waals surface area contributed by atoms with Crippen LogP contribution in [0.4, 0.5) is 0 Å². The van der Waals surface area contributed by atoms with Crippen molar-refractivity contribution in [3.05, 3.63) is 34.9 Å². The molecule has 2 aliphatic rings. The summed E-state index contributed by atoms with van der Waals surface area (Å²) in [5, 5.41) is 7.61. The summed E-state index contributed by atoms with van der Waals surface area (Å²) in [5.41, 5.74) is 1.25. The number of nitrogens with one attached hydrogen (secondary N) is 2. The van der Waals surface area contributed by atoms with Gasteiger partial charge in [-0.25, -0.2) is 0 Å². The normalized spacial score (nSPS) is 22.1. The molecule has 152 valence electrons. The lowest BCUT2D eigenvalue weighted by atomic mass is 10.0. The van der Waals surface area contributed by atoms with Gasteiger partial charge in [0.25, 0.3) is 0 Å². The number of morpholine rings is 1. The van der Waals surface area contributed by atoms with Crippen LogP contribution >= 0.6 is 35.6 Å². The van der Waals surface area contributed by atoms with Crippen molar-refractivity contribution in [2.75, 3.05) is 53.0 Å². The third-order valence-electron chi connectivity index (χ3n) is 4.95. The van der Waals surface area contributed by atoms with Crippen molar-refractivity contribution in [2.24, 2.45) is 4.99 Å². The number of halogens is 2. The van der Waals surface area contributed by atoms with Crippen LogP contribution in [0.5, 0.6) is 0 Å². The fraction of sp³-hybridized carbons (Fsp3) is 0.632. The van der Waals surface area contributed by atoms with Gasteiger partial charge in [-0.15, -0.1) is 24.0 Å². The largest absolute Gasteiger partial charge is 0.379 e. The van der Waals surface area contributed by atoms with Crippen molar-refractivity contribution >= 4 is 41.5 Å². The summed E-state index contributed by atoms with van der Waals surface area (Å²) in [7, 11) is 1.80. The van der Waals surface area contributed by atoms with Gasteiger partial charge in [0.05, 0.1) is 25.4 Å². The Kier molecular flexibility index (Phi) is 10.1. The second-order valence-corrected chi connectivity index (χ2v) is 7.12. The number of hydrogen-bond donors (Lipinski definition) is 2. The van der Waals surface area contributed by atoms with Gasteiger partial charge in [0, 0.05) is 44.9 Å². The molecule has 0 saturated carbocycles. The first-order valence-electron chi connectivity index (χ1n) is 9.39. The molecule has 0 spiro atoms. The highest BCUT2D eigenvalue weighted by Crippen LogP contribution is 2.23. The summed E-state index contributed by atoms with van der Waals surface area (Å²) in [6.45, 7) is 5.84. The number of nitrogens with zero attached hydrogens (tertiary/aromatic N) is 2. The Hall–Kier alpha value is -0.610. The van der Waals surface area contributed by atoms with Crippen LogP contribution in [0.15, 0.2) is 29.3 Å². The lowest BCUT2D eigenvalue weighted by Gasteiger charge is -2.35. The predicted octanol–water partition coefficient (Wildman–Crippen LogP) is 2.68. The van der Waals surface area contributed by atoms with Gasteiger partial charge in [-0.05, 0) is 30.5 Å². The van der Waals surface area contributed by atoms with Gasteiger partial charge in [-0.1, -0.05) is 23.7 Å². The highest BCUT2D eigenvalue weighted by molar-refractivity contribution is 14.0. The Labute approximate surface area is 184 Å². The quantitative estimate of drug-likeness (QED) is 0.352. The lowest BCUT2D eigenvalue weighted by molar-refractivity contribution is 0.0170. The monoisotopic (exact) mass is 508 g/mol. The van der Waals surface area contributed by atoms with Gasteiger partial charge in [-0.3, -0.25) is 9.89 Å². The van der Waals surface area contributed by atoms with Crippen LogP contribution in [0.1, 0.15) is 24.4 Å². The zero-order valence-corrected chi connectivity index (χ0v) is 18.9. The van der Waals surface area contributed by atoms with E-state index in [0.717, 1.165) is 69.8 Å². The lowest BCUT2D eigenvalue weighted by Crippen LogP contribution is -2.47. The Balaban J connectivity index is 0.00000261. The molecule has 2 aliphatic heterocycles. The maximum Gasteiger partial charge on any atom is 0.191 e. The molecule has 27 heavy (non-hydrogen) atoms. The molecule has 6 nitrogen and oxygen atoms in total. The molecular formula is C19H30ClIN4O2. The number of guanidine groups is 1. The number of aliphatic imine (C=N–C) groups is 1. The number of ether oxygens (including phenoxy) is 2. The second kappa shape index (κ2) is 12.1. The minimum Gasteiger partial charge on any atom is -0.379 e. The van der Waals surface area contributed by atoms with E-state index in [2.05, 4.69) is 32.7 Å². The van der Waals surface area contributed by atoms with Crippen molar-refractivity contribution in [1.82, 2.24) is 15.5 Å². The third-order valence-corrected chi connectivity index (χ3v) is 5.20. The van der Waals surface area contributed by atoms with Crippen molar-refractivity contribution in [3.8, 4) is 0 Å². The van der Waals surface area contributed by atoms with E-state index >= 15 is 0 Å². The molecule has 2 atom stereocenters. The van der Waals surface area contributed by atoms with E-state index in [0.29, 0.717) is 6.10 Å². The fourth-order valence-electron chi connectivity index (χ4n) is 3.46. The SMILES string of the molecule is CN=C(NCC1CCCO1)NCC(c1ccc(Cl)cc1)N1CCOCC1.I.